The summed E-state index contributed by atoms with van der Waals surface area (Å²) in [5, 5.41) is 8.51. The first-order chi connectivity index (χ1) is 6.99. The quantitative estimate of drug-likeness (QED) is 0.920. The Balaban J connectivity index is 2.64. The number of hydrogen-bond donors (Lipinski definition) is 1. The van der Waals surface area contributed by atoms with Gasteiger partial charge in [0.15, 0.2) is 0 Å². The smallest absolute Gasteiger partial charge is 0.307 e. The van der Waals surface area contributed by atoms with Crippen molar-refractivity contribution in [2.75, 3.05) is 0 Å². The third-order valence-electron chi connectivity index (χ3n) is 1.69. The Labute approximate surface area is 95.0 Å². The van der Waals surface area contributed by atoms with Crippen molar-refractivity contribution in [2.24, 2.45) is 0 Å². The number of hydrogen-bond acceptors (Lipinski definition) is 2. The van der Waals surface area contributed by atoms with E-state index in [1.807, 2.05) is 0 Å². The van der Waals surface area contributed by atoms with Crippen LogP contribution >= 0.6 is 15.9 Å². The molecule has 1 rings (SSSR count). The van der Waals surface area contributed by atoms with E-state index in [1.165, 1.54) is 18.2 Å². The van der Waals surface area contributed by atoms with Crippen LogP contribution in [0, 0.1) is 5.82 Å². The highest BCUT2D eigenvalue weighted by Crippen LogP contribution is 2.22. The lowest BCUT2D eigenvalue weighted by Crippen LogP contribution is -2.16. The van der Waals surface area contributed by atoms with Gasteiger partial charge >= 0.3 is 5.97 Å². The van der Waals surface area contributed by atoms with Crippen molar-refractivity contribution in [1.29, 1.82) is 0 Å². The van der Waals surface area contributed by atoms with Gasteiger partial charge in [0.2, 0.25) is 0 Å². The Bertz CT molecular complexity index is 368. The third-order valence-corrected chi connectivity index (χ3v) is 2.30. The molecule has 0 radical (unpaired) electrons. The van der Waals surface area contributed by atoms with Crippen LogP contribution in [-0.2, 0) is 4.79 Å². The maximum absolute atomic E-state index is 12.8. The van der Waals surface area contributed by atoms with Crippen LogP contribution in [0.25, 0.3) is 0 Å². The zero-order chi connectivity index (χ0) is 11.4. The van der Waals surface area contributed by atoms with Gasteiger partial charge in [0, 0.05) is 0 Å². The summed E-state index contributed by atoms with van der Waals surface area (Å²) >= 11 is 3.02. The van der Waals surface area contributed by atoms with Gasteiger partial charge in [-0.3, -0.25) is 4.79 Å². The Morgan fingerprint density at radius 3 is 2.87 bits per heavy atom. The largest absolute Gasteiger partial charge is 0.490 e. The first-order valence-electron chi connectivity index (χ1n) is 4.32. The van der Waals surface area contributed by atoms with E-state index in [2.05, 4.69) is 15.9 Å². The molecule has 0 aliphatic carbocycles. The molecular weight excluding hydrogens is 267 g/mol. The number of carboxylic acid groups (broad SMARTS) is 1. The molecule has 1 aromatic rings. The number of rotatable bonds is 4. The molecule has 0 amide bonds. The van der Waals surface area contributed by atoms with Gasteiger partial charge in [-0.2, -0.15) is 0 Å². The van der Waals surface area contributed by atoms with E-state index in [-0.39, 0.29) is 12.2 Å². The summed E-state index contributed by atoms with van der Waals surface area (Å²) in [7, 11) is 0. The minimum Gasteiger partial charge on any atom is -0.490 e. The van der Waals surface area contributed by atoms with Crippen LogP contribution in [0.15, 0.2) is 22.7 Å². The molecule has 0 heterocycles. The fraction of sp³-hybridized carbons (Fsp3) is 0.300. The van der Waals surface area contributed by atoms with Crippen molar-refractivity contribution < 1.29 is 19.0 Å². The molecule has 5 heteroatoms. The maximum Gasteiger partial charge on any atom is 0.307 e. The van der Waals surface area contributed by atoms with Crippen molar-refractivity contribution in [3.8, 4) is 5.75 Å². The van der Waals surface area contributed by atoms with E-state index in [9.17, 15) is 9.18 Å². The van der Waals surface area contributed by atoms with Crippen LogP contribution < -0.4 is 4.74 Å². The second kappa shape index (κ2) is 5.11. The summed E-state index contributed by atoms with van der Waals surface area (Å²) in [6.45, 7) is 1.64. The van der Waals surface area contributed by atoms with Crippen LogP contribution in [0.5, 0.6) is 5.75 Å². The fourth-order valence-electron chi connectivity index (χ4n) is 1.07. The topological polar surface area (TPSA) is 46.5 Å². The molecular formula is C10H10BrFO3. The van der Waals surface area contributed by atoms with Crippen molar-refractivity contribution in [3.05, 3.63) is 28.5 Å². The molecule has 0 saturated carbocycles. The normalized spacial score (nSPS) is 12.2. The highest BCUT2D eigenvalue weighted by Gasteiger charge is 2.10. The van der Waals surface area contributed by atoms with Crippen LogP contribution in [0.1, 0.15) is 13.3 Å². The van der Waals surface area contributed by atoms with Gasteiger partial charge in [0.05, 0.1) is 10.9 Å². The monoisotopic (exact) mass is 276 g/mol. The third kappa shape index (κ3) is 3.87. The molecule has 1 atom stereocenters. The van der Waals surface area contributed by atoms with Crippen molar-refractivity contribution in [1.82, 2.24) is 0 Å². The molecule has 0 fully saturated rings. The molecule has 82 valence electrons. The maximum atomic E-state index is 12.8. The minimum absolute atomic E-state index is 0.0883. The predicted molar refractivity (Wildman–Crippen MR) is 56.4 cm³/mol. The summed E-state index contributed by atoms with van der Waals surface area (Å²) in [5.74, 6) is -0.867. The van der Waals surface area contributed by atoms with Gasteiger partial charge in [0.1, 0.15) is 17.7 Å². The summed E-state index contributed by atoms with van der Waals surface area (Å²) < 4.78 is 18.4. The first kappa shape index (κ1) is 12.0. The van der Waals surface area contributed by atoms with Gasteiger partial charge < -0.3 is 9.84 Å². The zero-order valence-electron chi connectivity index (χ0n) is 8.04. The van der Waals surface area contributed by atoms with Gasteiger partial charge in [-0.25, -0.2) is 4.39 Å². The van der Waals surface area contributed by atoms with E-state index in [0.29, 0.717) is 10.2 Å². The highest BCUT2D eigenvalue weighted by molar-refractivity contribution is 9.10. The highest BCUT2D eigenvalue weighted by atomic mass is 79.9. The van der Waals surface area contributed by atoms with E-state index in [4.69, 9.17) is 9.84 Å². The Kier molecular flexibility index (Phi) is 4.08. The van der Waals surface area contributed by atoms with Crippen molar-refractivity contribution >= 4 is 21.9 Å². The Hall–Kier alpha value is -1.10. The van der Waals surface area contributed by atoms with Crippen LogP contribution in [0.3, 0.4) is 0 Å². The zero-order valence-corrected chi connectivity index (χ0v) is 9.62. The lowest BCUT2D eigenvalue weighted by Gasteiger charge is -2.12. The molecule has 0 aromatic heterocycles. The summed E-state index contributed by atoms with van der Waals surface area (Å²) in [6, 6.07) is 4.18. The molecule has 3 nitrogen and oxygen atoms in total. The van der Waals surface area contributed by atoms with Gasteiger partial charge in [-0.15, -0.1) is 0 Å². The van der Waals surface area contributed by atoms with E-state index < -0.39 is 12.1 Å². The number of ether oxygens (including phenoxy) is 1. The van der Waals surface area contributed by atoms with Gasteiger partial charge in [0.25, 0.3) is 0 Å². The Morgan fingerprint density at radius 1 is 1.67 bits per heavy atom. The van der Waals surface area contributed by atoms with Crippen LogP contribution in [0.2, 0.25) is 0 Å². The molecule has 1 aromatic carbocycles. The average molecular weight is 277 g/mol. The van der Waals surface area contributed by atoms with E-state index >= 15 is 0 Å². The Morgan fingerprint density at radius 2 is 2.33 bits per heavy atom. The van der Waals surface area contributed by atoms with Crippen molar-refractivity contribution in [2.45, 2.75) is 19.4 Å². The summed E-state index contributed by atoms with van der Waals surface area (Å²) in [6.07, 6.45) is -0.533. The summed E-state index contributed by atoms with van der Waals surface area (Å²) in [4.78, 5) is 10.4. The lowest BCUT2D eigenvalue weighted by molar-refractivity contribution is -0.138. The van der Waals surface area contributed by atoms with Gasteiger partial charge in [-0.1, -0.05) is 0 Å². The SMILES string of the molecule is C[C@@H](CC(=O)O)Oc1ccc(F)c(Br)c1. The molecule has 0 saturated heterocycles. The van der Waals surface area contributed by atoms with Gasteiger partial charge in [-0.05, 0) is 41.1 Å². The predicted octanol–water partition coefficient (Wildman–Crippen LogP) is 2.83. The average Bonchev–Trinajstić information content (AvgIpc) is 2.10. The van der Waals surface area contributed by atoms with E-state index in [1.54, 1.807) is 6.92 Å². The standard InChI is InChI=1S/C10H10BrFO3/c1-6(4-10(13)14)15-7-2-3-9(12)8(11)5-7/h2-3,5-6H,4H2,1H3,(H,13,14)/t6-/m0/s1. The fourth-order valence-corrected chi connectivity index (χ4v) is 1.43. The molecule has 0 bridgehead atoms. The van der Waals surface area contributed by atoms with Crippen LogP contribution in [-0.4, -0.2) is 17.2 Å². The molecule has 0 aliphatic rings. The lowest BCUT2D eigenvalue weighted by atomic mass is 10.3. The van der Waals surface area contributed by atoms with Crippen molar-refractivity contribution in [3.63, 3.8) is 0 Å². The number of carbonyl (C=O) groups is 1. The number of benzene rings is 1. The molecule has 0 aliphatic heterocycles. The van der Waals surface area contributed by atoms with Crippen LogP contribution in [0.4, 0.5) is 4.39 Å². The number of halogens is 2. The molecule has 0 unspecified atom stereocenters. The number of carboxylic acids is 1. The second-order valence-corrected chi connectivity index (χ2v) is 3.96. The molecule has 1 N–H and O–H groups in total. The summed E-state index contributed by atoms with van der Waals surface area (Å²) in [5.41, 5.74) is 0. The molecule has 0 spiro atoms. The first-order valence-corrected chi connectivity index (χ1v) is 5.12. The number of aliphatic carboxylic acids is 1. The molecule has 15 heavy (non-hydrogen) atoms. The second-order valence-electron chi connectivity index (χ2n) is 3.10. The van der Waals surface area contributed by atoms with E-state index in [0.717, 1.165) is 0 Å². The minimum atomic E-state index is -0.927.